The Hall–Kier alpha value is -1.64. The molecule has 2 N–H and O–H groups in total. The summed E-state index contributed by atoms with van der Waals surface area (Å²) < 4.78 is 26.9. The van der Waals surface area contributed by atoms with Crippen molar-refractivity contribution in [2.24, 2.45) is 5.92 Å². The fourth-order valence-corrected chi connectivity index (χ4v) is 4.62. The third-order valence-corrected chi connectivity index (χ3v) is 6.44. The smallest absolute Gasteiger partial charge is 0.243 e. The highest BCUT2D eigenvalue weighted by Gasteiger charge is 2.33. The minimum Gasteiger partial charge on any atom is -0.355 e. The van der Waals surface area contributed by atoms with Gasteiger partial charge in [0.15, 0.2) is 0 Å². The summed E-state index contributed by atoms with van der Waals surface area (Å²) in [6.45, 7) is 4.49. The lowest BCUT2D eigenvalue weighted by Gasteiger charge is -2.31. The summed E-state index contributed by atoms with van der Waals surface area (Å²) in [5, 5.41) is 5.96. The summed E-state index contributed by atoms with van der Waals surface area (Å²) in [5.41, 5.74) is 0. The van der Waals surface area contributed by atoms with E-state index in [1.165, 1.54) is 28.6 Å². The van der Waals surface area contributed by atoms with Crippen molar-refractivity contribution in [1.82, 2.24) is 14.9 Å². The van der Waals surface area contributed by atoms with Gasteiger partial charge in [-0.1, -0.05) is 11.6 Å². The maximum Gasteiger partial charge on any atom is 0.243 e. The number of nitrogens with zero attached hydrogens (tertiary/aromatic N) is 1. The van der Waals surface area contributed by atoms with Crippen molar-refractivity contribution < 1.29 is 18.0 Å². The number of carbonyl (C=O) groups is 2. The van der Waals surface area contributed by atoms with E-state index in [4.69, 9.17) is 11.6 Å². The molecular formula is C18H26ClN3O4S. The molecule has 2 amide bonds. The van der Waals surface area contributed by atoms with Gasteiger partial charge in [0.1, 0.15) is 0 Å². The summed E-state index contributed by atoms with van der Waals surface area (Å²) in [5.74, 6) is -0.766. The Bertz CT molecular complexity index is 765. The molecule has 7 nitrogen and oxygen atoms in total. The first-order valence-corrected chi connectivity index (χ1v) is 10.8. The topological polar surface area (TPSA) is 95.6 Å². The van der Waals surface area contributed by atoms with E-state index in [2.05, 4.69) is 10.6 Å². The zero-order valence-electron chi connectivity index (χ0n) is 15.6. The van der Waals surface area contributed by atoms with Crippen molar-refractivity contribution in [2.75, 3.05) is 19.6 Å². The summed E-state index contributed by atoms with van der Waals surface area (Å²) in [6, 6.07) is 6.05. The molecule has 1 atom stereocenters. The van der Waals surface area contributed by atoms with Gasteiger partial charge in [-0.2, -0.15) is 4.31 Å². The summed E-state index contributed by atoms with van der Waals surface area (Å²) in [4.78, 5) is 24.2. The van der Waals surface area contributed by atoms with Crippen LogP contribution in [-0.4, -0.2) is 50.2 Å². The van der Waals surface area contributed by atoms with Crippen LogP contribution in [0.3, 0.4) is 0 Å². The quantitative estimate of drug-likeness (QED) is 0.709. The van der Waals surface area contributed by atoms with Crippen LogP contribution < -0.4 is 10.6 Å². The molecule has 1 aromatic carbocycles. The van der Waals surface area contributed by atoms with Gasteiger partial charge in [-0.25, -0.2) is 8.42 Å². The lowest BCUT2D eigenvalue weighted by Crippen LogP contribution is -2.45. The maximum atomic E-state index is 12.8. The zero-order chi connectivity index (χ0) is 20.0. The van der Waals surface area contributed by atoms with E-state index in [1.54, 1.807) is 0 Å². The van der Waals surface area contributed by atoms with Crippen LogP contribution in [-0.2, 0) is 19.6 Å². The average Bonchev–Trinajstić information content (AvgIpc) is 2.61. The number of nitrogens with one attached hydrogen (secondary N) is 2. The van der Waals surface area contributed by atoms with Gasteiger partial charge in [-0.15, -0.1) is 0 Å². The lowest BCUT2D eigenvalue weighted by molar-refractivity contribution is -0.126. The normalized spacial score (nSPS) is 18.3. The number of halogens is 1. The summed E-state index contributed by atoms with van der Waals surface area (Å²) in [6.07, 6.45) is 1.43. The molecule has 1 aliphatic heterocycles. The van der Waals surface area contributed by atoms with Gasteiger partial charge in [0, 0.05) is 37.1 Å². The molecule has 0 radical (unpaired) electrons. The van der Waals surface area contributed by atoms with Crippen molar-refractivity contribution in [1.29, 1.82) is 0 Å². The number of benzene rings is 1. The molecule has 2 rings (SSSR count). The molecule has 0 aromatic heterocycles. The minimum absolute atomic E-state index is 0.0539. The molecule has 150 valence electrons. The first kappa shape index (κ1) is 21.7. The molecule has 0 saturated carbocycles. The van der Waals surface area contributed by atoms with Crippen LogP contribution in [0.25, 0.3) is 0 Å². The van der Waals surface area contributed by atoms with E-state index in [9.17, 15) is 18.0 Å². The second-order valence-electron chi connectivity index (χ2n) is 6.92. The molecule has 1 saturated heterocycles. The van der Waals surface area contributed by atoms with Crippen molar-refractivity contribution in [2.45, 2.75) is 44.0 Å². The Morgan fingerprint density at radius 1 is 1.26 bits per heavy atom. The Morgan fingerprint density at radius 2 is 1.93 bits per heavy atom. The molecule has 9 heteroatoms. The summed E-state index contributed by atoms with van der Waals surface area (Å²) in [7, 11) is -3.66. The zero-order valence-corrected chi connectivity index (χ0v) is 17.1. The van der Waals surface area contributed by atoms with Crippen LogP contribution in [0, 0.1) is 5.92 Å². The van der Waals surface area contributed by atoms with Gasteiger partial charge < -0.3 is 10.6 Å². The lowest BCUT2D eigenvalue weighted by atomic mass is 9.99. The molecule has 0 spiro atoms. The van der Waals surface area contributed by atoms with Crippen molar-refractivity contribution >= 4 is 33.4 Å². The van der Waals surface area contributed by atoms with Crippen LogP contribution in [0.15, 0.2) is 29.2 Å². The van der Waals surface area contributed by atoms with E-state index >= 15 is 0 Å². The molecule has 27 heavy (non-hydrogen) atoms. The highest BCUT2D eigenvalue weighted by atomic mass is 35.5. The Labute approximate surface area is 165 Å². The fraction of sp³-hybridized carbons (Fsp3) is 0.556. The Kier molecular flexibility index (Phi) is 7.64. The summed E-state index contributed by atoms with van der Waals surface area (Å²) >= 11 is 5.82. The van der Waals surface area contributed by atoms with E-state index in [0.29, 0.717) is 24.4 Å². The van der Waals surface area contributed by atoms with E-state index in [0.717, 1.165) is 0 Å². The second-order valence-corrected chi connectivity index (χ2v) is 9.29. The third-order valence-electron chi connectivity index (χ3n) is 4.31. The molecule has 1 aliphatic rings. The largest absolute Gasteiger partial charge is 0.355 e. The molecule has 1 fully saturated rings. The number of sulfonamides is 1. The third kappa shape index (κ3) is 6.19. The van der Waals surface area contributed by atoms with Crippen molar-refractivity contribution in [3.63, 3.8) is 0 Å². The second kappa shape index (κ2) is 9.52. The van der Waals surface area contributed by atoms with Crippen LogP contribution in [0.2, 0.25) is 5.02 Å². The standard InChI is InChI=1S/C18H26ClN3O4S/c1-13(2)21-17(23)9-10-20-18(24)14-4-3-11-22(12-14)27(25,26)16-7-5-15(19)6-8-16/h5-8,13-14H,3-4,9-12H2,1-2H3,(H,20,24)(H,21,23). The van der Waals surface area contributed by atoms with Crippen molar-refractivity contribution in [3.05, 3.63) is 29.3 Å². The highest BCUT2D eigenvalue weighted by molar-refractivity contribution is 7.89. The Balaban J connectivity index is 1.92. The molecule has 0 aliphatic carbocycles. The van der Waals surface area contributed by atoms with Gasteiger partial charge in [-0.05, 0) is 51.0 Å². The van der Waals surface area contributed by atoms with E-state index in [1.807, 2.05) is 13.8 Å². The number of piperidine rings is 1. The predicted octanol–water partition coefficient (Wildman–Crippen LogP) is 1.77. The first-order chi connectivity index (χ1) is 12.7. The van der Waals surface area contributed by atoms with E-state index < -0.39 is 15.9 Å². The fourth-order valence-electron chi connectivity index (χ4n) is 2.97. The van der Waals surface area contributed by atoms with Crippen LogP contribution in [0.5, 0.6) is 0 Å². The molecular weight excluding hydrogens is 390 g/mol. The number of hydrogen-bond acceptors (Lipinski definition) is 4. The van der Waals surface area contributed by atoms with Gasteiger partial charge in [0.2, 0.25) is 21.8 Å². The monoisotopic (exact) mass is 415 g/mol. The van der Waals surface area contributed by atoms with E-state index in [-0.39, 0.29) is 42.3 Å². The van der Waals surface area contributed by atoms with Crippen LogP contribution >= 0.6 is 11.6 Å². The van der Waals surface area contributed by atoms with Gasteiger partial charge in [0.05, 0.1) is 10.8 Å². The SMILES string of the molecule is CC(C)NC(=O)CCNC(=O)C1CCCN(S(=O)(=O)c2ccc(Cl)cc2)C1. The van der Waals surface area contributed by atoms with Gasteiger partial charge in [0.25, 0.3) is 0 Å². The maximum absolute atomic E-state index is 12.8. The minimum atomic E-state index is -3.66. The van der Waals surface area contributed by atoms with Crippen molar-refractivity contribution in [3.8, 4) is 0 Å². The number of rotatable bonds is 7. The van der Waals surface area contributed by atoms with Crippen LogP contribution in [0.1, 0.15) is 33.1 Å². The number of carbonyl (C=O) groups excluding carboxylic acids is 2. The van der Waals surface area contributed by atoms with Gasteiger partial charge >= 0.3 is 0 Å². The molecule has 0 bridgehead atoms. The predicted molar refractivity (Wildman–Crippen MR) is 104 cm³/mol. The number of hydrogen-bond donors (Lipinski definition) is 2. The molecule has 1 unspecified atom stereocenters. The average molecular weight is 416 g/mol. The number of amides is 2. The van der Waals surface area contributed by atoms with Crippen LogP contribution in [0.4, 0.5) is 0 Å². The first-order valence-electron chi connectivity index (χ1n) is 9.03. The molecule has 1 heterocycles. The Morgan fingerprint density at radius 3 is 2.56 bits per heavy atom. The van der Waals surface area contributed by atoms with Gasteiger partial charge in [-0.3, -0.25) is 9.59 Å². The molecule has 1 aromatic rings. The highest BCUT2D eigenvalue weighted by Crippen LogP contribution is 2.24.